The minimum absolute atomic E-state index is 0.167. The van der Waals surface area contributed by atoms with Crippen molar-refractivity contribution in [3.63, 3.8) is 0 Å². The van der Waals surface area contributed by atoms with E-state index in [0.29, 0.717) is 22.5 Å². The predicted molar refractivity (Wildman–Crippen MR) is 111 cm³/mol. The number of aromatic carboxylic acids is 1. The first kappa shape index (κ1) is 18.3. The van der Waals surface area contributed by atoms with Crippen molar-refractivity contribution in [3.8, 4) is 10.6 Å². The highest BCUT2D eigenvalue weighted by atomic mass is 32.1. The smallest absolute Gasteiger partial charge is 0.335 e. The van der Waals surface area contributed by atoms with Gasteiger partial charge in [0.1, 0.15) is 11.5 Å². The Morgan fingerprint density at radius 3 is 2.61 bits per heavy atom. The maximum Gasteiger partial charge on any atom is 0.335 e. The second-order valence-corrected chi connectivity index (χ2v) is 7.99. The van der Waals surface area contributed by atoms with Crippen molar-refractivity contribution in [1.82, 2.24) is 9.97 Å². The fourth-order valence-corrected chi connectivity index (χ4v) is 3.99. The van der Waals surface area contributed by atoms with Crippen molar-refractivity contribution >= 4 is 44.2 Å². The summed E-state index contributed by atoms with van der Waals surface area (Å²) in [7, 11) is 1.93. The lowest BCUT2D eigenvalue weighted by atomic mass is 10.1. The van der Waals surface area contributed by atoms with Crippen LogP contribution >= 0.6 is 11.3 Å². The average Bonchev–Trinajstić information content (AvgIpc) is 3.08. The van der Waals surface area contributed by atoms with Gasteiger partial charge in [-0.05, 0) is 61.7 Å². The minimum atomic E-state index is -1.00. The van der Waals surface area contributed by atoms with E-state index in [2.05, 4.69) is 0 Å². The van der Waals surface area contributed by atoms with Crippen LogP contribution in [0.25, 0.3) is 31.7 Å². The van der Waals surface area contributed by atoms with Crippen molar-refractivity contribution in [3.05, 3.63) is 53.8 Å². The first-order valence-electron chi connectivity index (χ1n) is 8.81. The Hall–Kier alpha value is -3.06. The summed E-state index contributed by atoms with van der Waals surface area (Å²) >= 11 is 1.53. The summed E-state index contributed by atoms with van der Waals surface area (Å²) in [6.07, 6.45) is 0. The molecule has 0 atom stereocenters. The molecule has 0 aliphatic rings. The Bertz CT molecular complexity index is 1220. The molecule has 0 aliphatic carbocycles. The molecule has 7 heteroatoms. The van der Waals surface area contributed by atoms with Crippen molar-refractivity contribution in [1.29, 1.82) is 0 Å². The van der Waals surface area contributed by atoms with Crippen LogP contribution in [0.2, 0.25) is 0 Å². The SMILES string of the molecule is CC(C)N(C)c1nc2cc(C(=O)O)ccc2nc1-c1cc2cc(F)ccc2s1. The van der Waals surface area contributed by atoms with Crippen LogP contribution < -0.4 is 4.90 Å². The van der Waals surface area contributed by atoms with Crippen molar-refractivity contribution in [2.45, 2.75) is 19.9 Å². The van der Waals surface area contributed by atoms with Gasteiger partial charge in [0.15, 0.2) is 5.82 Å². The fourth-order valence-electron chi connectivity index (χ4n) is 2.96. The molecule has 2 aromatic heterocycles. The third kappa shape index (κ3) is 3.18. The number of carboxylic acids is 1. The van der Waals surface area contributed by atoms with Gasteiger partial charge >= 0.3 is 5.97 Å². The highest BCUT2D eigenvalue weighted by molar-refractivity contribution is 7.22. The fraction of sp³-hybridized carbons (Fsp3) is 0.190. The lowest BCUT2D eigenvalue weighted by Crippen LogP contribution is -2.27. The van der Waals surface area contributed by atoms with E-state index in [1.807, 2.05) is 31.9 Å². The normalized spacial score (nSPS) is 11.5. The Labute approximate surface area is 165 Å². The van der Waals surface area contributed by atoms with E-state index < -0.39 is 5.97 Å². The zero-order valence-corrected chi connectivity index (χ0v) is 16.4. The number of carbonyl (C=O) groups is 1. The summed E-state index contributed by atoms with van der Waals surface area (Å²) in [6.45, 7) is 4.09. The molecule has 0 unspecified atom stereocenters. The molecule has 4 aromatic rings. The number of benzene rings is 2. The van der Waals surface area contributed by atoms with Crippen molar-refractivity contribution < 1.29 is 14.3 Å². The van der Waals surface area contributed by atoms with Crippen LogP contribution in [-0.2, 0) is 0 Å². The topological polar surface area (TPSA) is 66.3 Å². The summed E-state index contributed by atoms with van der Waals surface area (Å²) in [5, 5.41) is 10.1. The molecular weight excluding hydrogens is 377 g/mol. The van der Waals surface area contributed by atoms with E-state index >= 15 is 0 Å². The zero-order valence-electron chi connectivity index (χ0n) is 15.6. The van der Waals surface area contributed by atoms with Crippen LogP contribution in [0.15, 0.2) is 42.5 Å². The van der Waals surface area contributed by atoms with Crippen LogP contribution in [0.4, 0.5) is 10.2 Å². The van der Waals surface area contributed by atoms with Crippen LogP contribution in [0.1, 0.15) is 24.2 Å². The van der Waals surface area contributed by atoms with Gasteiger partial charge in [-0.3, -0.25) is 0 Å². The molecule has 2 heterocycles. The van der Waals surface area contributed by atoms with Crippen LogP contribution in [0.5, 0.6) is 0 Å². The number of nitrogens with zero attached hydrogens (tertiary/aromatic N) is 3. The van der Waals surface area contributed by atoms with E-state index in [1.54, 1.807) is 12.1 Å². The lowest BCUT2D eigenvalue weighted by molar-refractivity contribution is 0.0697. The first-order valence-corrected chi connectivity index (χ1v) is 9.62. The summed E-state index contributed by atoms with van der Waals surface area (Å²) in [4.78, 5) is 23.7. The highest BCUT2D eigenvalue weighted by Crippen LogP contribution is 2.38. The molecule has 0 spiro atoms. The molecule has 142 valence electrons. The lowest BCUT2D eigenvalue weighted by Gasteiger charge is -2.24. The molecule has 2 aromatic carbocycles. The molecule has 0 aliphatic heterocycles. The molecule has 28 heavy (non-hydrogen) atoms. The molecule has 0 fully saturated rings. The zero-order chi connectivity index (χ0) is 20.0. The number of thiophene rings is 1. The van der Waals surface area contributed by atoms with Crippen LogP contribution in [0.3, 0.4) is 0 Å². The average molecular weight is 395 g/mol. The second kappa shape index (κ2) is 6.83. The minimum Gasteiger partial charge on any atom is -0.478 e. The van der Waals surface area contributed by atoms with E-state index in [0.717, 1.165) is 15.0 Å². The van der Waals surface area contributed by atoms with Gasteiger partial charge in [0.2, 0.25) is 0 Å². The number of fused-ring (bicyclic) bond motifs is 2. The third-order valence-corrected chi connectivity index (χ3v) is 5.84. The Morgan fingerprint density at radius 2 is 1.89 bits per heavy atom. The second-order valence-electron chi connectivity index (χ2n) is 6.90. The van der Waals surface area contributed by atoms with Crippen LogP contribution in [-0.4, -0.2) is 34.1 Å². The number of halogens is 1. The van der Waals surface area contributed by atoms with Gasteiger partial charge in [-0.2, -0.15) is 0 Å². The molecule has 5 nitrogen and oxygen atoms in total. The maximum atomic E-state index is 13.6. The van der Waals surface area contributed by atoms with E-state index in [9.17, 15) is 14.3 Å². The van der Waals surface area contributed by atoms with Crippen molar-refractivity contribution in [2.75, 3.05) is 11.9 Å². The van der Waals surface area contributed by atoms with Crippen molar-refractivity contribution in [2.24, 2.45) is 0 Å². The summed E-state index contributed by atoms with van der Waals surface area (Å²) in [5.41, 5.74) is 2.02. The number of aromatic nitrogens is 2. The Kier molecular flexibility index (Phi) is 4.47. The molecule has 1 N–H and O–H groups in total. The van der Waals surface area contributed by atoms with Gasteiger partial charge in [-0.15, -0.1) is 11.3 Å². The largest absolute Gasteiger partial charge is 0.478 e. The van der Waals surface area contributed by atoms with Gasteiger partial charge in [0, 0.05) is 17.8 Å². The van der Waals surface area contributed by atoms with E-state index in [-0.39, 0.29) is 17.4 Å². The highest BCUT2D eigenvalue weighted by Gasteiger charge is 2.19. The third-order valence-electron chi connectivity index (χ3n) is 4.71. The van der Waals surface area contributed by atoms with Gasteiger partial charge in [0.25, 0.3) is 0 Å². The van der Waals surface area contributed by atoms with Gasteiger partial charge in [-0.25, -0.2) is 19.2 Å². The standard InChI is InChI=1S/C21H18FN3O2S/c1-11(2)25(3)20-19(18-10-13-8-14(22)5-7-17(13)28-18)23-15-6-4-12(21(26)27)9-16(15)24-20/h4-11H,1-3H3,(H,26,27). The quantitative estimate of drug-likeness (QED) is 0.515. The summed E-state index contributed by atoms with van der Waals surface area (Å²) in [5.74, 6) is -0.614. The number of carboxylic acid groups (broad SMARTS) is 1. The van der Waals surface area contributed by atoms with Crippen LogP contribution in [0, 0.1) is 5.82 Å². The molecule has 0 saturated carbocycles. The molecule has 0 amide bonds. The molecule has 0 bridgehead atoms. The first-order chi connectivity index (χ1) is 13.3. The summed E-state index contributed by atoms with van der Waals surface area (Å²) < 4.78 is 14.6. The predicted octanol–water partition coefficient (Wildman–Crippen LogP) is 5.19. The molecular formula is C21H18FN3O2S. The van der Waals surface area contributed by atoms with E-state index in [1.165, 1.54) is 35.6 Å². The van der Waals surface area contributed by atoms with Gasteiger partial charge in [0.05, 0.1) is 21.5 Å². The van der Waals surface area contributed by atoms with E-state index in [4.69, 9.17) is 9.97 Å². The monoisotopic (exact) mass is 395 g/mol. The van der Waals surface area contributed by atoms with Gasteiger partial charge < -0.3 is 10.0 Å². The number of hydrogen-bond acceptors (Lipinski definition) is 5. The summed E-state index contributed by atoms with van der Waals surface area (Å²) in [6, 6.07) is 11.5. The Morgan fingerprint density at radius 1 is 1.11 bits per heavy atom. The number of rotatable bonds is 4. The molecule has 4 rings (SSSR count). The number of anilines is 1. The maximum absolute atomic E-state index is 13.6. The molecule has 0 saturated heterocycles. The number of hydrogen-bond donors (Lipinski definition) is 1. The van der Waals surface area contributed by atoms with Gasteiger partial charge in [-0.1, -0.05) is 0 Å². The molecule has 0 radical (unpaired) electrons. The Balaban J connectivity index is 1.97.